The average Bonchev–Trinajstić information content (AvgIpc) is 3.08. The van der Waals surface area contributed by atoms with Gasteiger partial charge in [0.2, 0.25) is 0 Å². The van der Waals surface area contributed by atoms with Crippen molar-refractivity contribution in [1.82, 2.24) is 24.6 Å². The number of nitrogens with zero attached hydrogens (tertiary/aromatic N) is 5. The number of morpholine rings is 1. The summed E-state index contributed by atoms with van der Waals surface area (Å²) in [5, 5.41) is 9.27. The lowest BCUT2D eigenvalue weighted by Gasteiger charge is -2.31. The monoisotopic (exact) mass is 307 g/mol. The Hall–Kier alpha value is -1.31. The molecule has 1 aliphatic heterocycles. The second-order valence-corrected chi connectivity index (χ2v) is 6.85. The van der Waals surface area contributed by atoms with Crippen molar-refractivity contribution in [2.75, 3.05) is 19.7 Å². The lowest BCUT2D eigenvalue weighted by Crippen LogP contribution is -2.38. The van der Waals surface area contributed by atoms with Crippen molar-refractivity contribution in [3.63, 3.8) is 0 Å². The molecule has 1 saturated heterocycles. The highest BCUT2D eigenvalue weighted by molar-refractivity contribution is 7.11. The lowest BCUT2D eigenvalue weighted by atomic mass is 10.2. The Bertz CT molecular complexity index is 594. The van der Waals surface area contributed by atoms with E-state index in [0.717, 1.165) is 32.1 Å². The maximum absolute atomic E-state index is 5.83. The third kappa shape index (κ3) is 3.30. The number of thiazole rings is 1. The molecule has 21 heavy (non-hydrogen) atoms. The SMILES string of the molecule is CC(C)c1cnc(CN2CCO[C@H](c3nncn3C)C2)s1. The van der Waals surface area contributed by atoms with Gasteiger partial charge in [0.05, 0.1) is 13.2 Å². The molecule has 0 aliphatic carbocycles. The van der Waals surface area contributed by atoms with Crippen LogP contribution >= 0.6 is 11.3 Å². The number of hydrogen-bond acceptors (Lipinski definition) is 6. The molecule has 0 spiro atoms. The Balaban J connectivity index is 1.64. The van der Waals surface area contributed by atoms with E-state index >= 15 is 0 Å². The van der Waals surface area contributed by atoms with Crippen LogP contribution in [-0.2, 0) is 18.3 Å². The molecular formula is C14H21N5OS. The van der Waals surface area contributed by atoms with Crippen molar-refractivity contribution >= 4 is 11.3 Å². The largest absolute Gasteiger partial charge is 0.368 e. The number of hydrogen-bond donors (Lipinski definition) is 0. The van der Waals surface area contributed by atoms with Crippen molar-refractivity contribution in [3.05, 3.63) is 28.2 Å². The number of aromatic nitrogens is 4. The van der Waals surface area contributed by atoms with E-state index < -0.39 is 0 Å². The molecule has 6 nitrogen and oxygen atoms in total. The Morgan fingerprint density at radius 2 is 2.33 bits per heavy atom. The fourth-order valence-corrected chi connectivity index (χ4v) is 3.41. The molecule has 114 valence electrons. The van der Waals surface area contributed by atoms with Gasteiger partial charge < -0.3 is 9.30 Å². The van der Waals surface area contributed by atoms with Crippen molar-refractivity contribution in [3.8, 4) is 0 Å². The van der Waals surface area contributed by atoms with Gasteiger partial charge in [-0.3, -0.25) is 4.90 Å². The highest BCUT2D eigenvalue weighted by Crippen LogP contribution is 2.25. The second-order valence-electron chi connectivity index (χ2n) is 5.71. The Kier molecular flexibility index (Phi) is 4.32. The predicted octanol–water partition coefficient (Wildman–Crippen LogP) is 1.97. The van der Waals surface area contributed by atoms with Crippen molar-refractivity contribution < 1.29 is 4.74 Å². The van der Waals surface area contributed by atoms with Gasteiger partial charge in [-0.15, -0.1) is 21.5 Å². The molecule has 3 rings (SSSR count). The summed E-state index contributed by atoms with van der Waals surface area (Å²) in [4.78, 5) is 8.27. The highest BCUT2D eigenvalue weighted by Gasteiger charge is 2.26. The zero-order chi connectivity index (χ0) is 14.8. The summed E-state index contributed by atoms with van der Waals surface area (Å²) < 4.78 is 7.76. The molecule has 0 unspecified atom stereocenters. The van der Waals surface area contributed by atoms with Crippen LogP contribution < -0.4 is 0 Å². The van der Waals surface area contributed by atoms with E-state index in [4.69, 9.17) is 4.74 Å². The molecule has 0 amide bonds. The molecule has 0 radical (unpaired) electrons. The third-order valence-electron chi connectivity index (χ3n) is 3.68. The smallest absolute Gasteiger partial charge is 0.163 e. The lowest BCUT2D eigenvalue weighted by molar-refractivity contribution is -0.0385. The number of ether oxygens (including phenoxy) is 1. The van der Waals surface area contributed by atoms with Gasteiger partial charge in [-0.25, -0.2) is 4.98 Å². The zero-order valence-electron chi connectivity index (χ0n) is 12.7. The predicted molar refractivity (Wildman–Crippen MR) is 81.2 cm³/mol. The number of rotatable bonds is 4. The van der Waals surface area contributed by atoms with Gasteiger partial charge in [0.25, 0.3) is 0 Å². The van der Waals surface area contributed by atoms with Crippen LogP contribution in [0.4, 0.5) is 0 Å². The van der Waals surface area contributed by atoms with E-state index in [-0.39, 0.29) is 6.10 Å². The second kappa shape index (κ2) is 6.21. The minimum Gasteiger partial charge on any atom is -0.368 e. The average molecular weight is 307 g/mol. The van der Waals surface area contributed by atoms with Crippen LogP contribution in [0, 0.1) is 0 Å². The topological polar surface area (TPSA) is 56.1 Å². The minimum absolute atomic E-state index is 0.00391. The highest BCUT2D eigenvalue weighted by atomic mass is 32.1. The molecule has 1 aliphatic rings. The molecule has 0 saturated carbocycles. The van der Waals surface area contributed by atoms with Crippen molar-refractivity contribution in [1.29, 1.82) is 0 Å². The summed E-state index contributed by atoms with van der Waals surface area (Å²) in [7, 11) is 1.95. The summed E-state index contributed by atoms with van der Waals surface area (Å²) in [6, 6.07) is 0. The van der Waals surface area contributed by atoms with E-state index in [1.807, 2.05) is 29.1 Å². The standard InChI is InChI=1S/C14H21N5OS/c1-10(2)12-6-15-13(21-12)8-19-4-5-20-11(7-19)14-17-16-9-18(14)3/h6,9-11H,4-5,7-8H2,1-3H3/t11-/m0/s1. The van der Waals surface area contributed by atoms with Gasteiger partial charge in [-0.2, -0.15) is 0 Å². The van der Waals surface area contributed by atoms with E-state index in [1.165, 1.54) is 9.88 Å². The molecule has 2 aromatic heterocycles. The fraction of sp³-hybridized carbons (Fsp3) is 0.643. The fourth-order valence-electron chi connectivity index (χ4n) is 2.44. The minimum atomic E-state index is -0.00391. The summed E-state index contributed by atoms with van der Waals surface area (Å²) in [6.07, 6.45) is 3.72. The van der Waals surface area contributed by atoms with E-state index in [1.54, 1.807) is 6.33 Å². The zero-order valence-corrected chi connectivity index (χ0v) is 13.5. The first kappa shape index (κ1) is 14.6. The molecule has 2 aromatic rings. The first-order chi connectivity index (χ1) is 10.1. The van der Waals surface area contributed by atoms with Crippen LogP contribution in [0.3, 0.4) is 0 Å². The molecule has 1 atom stereocenters. The van der Waals surface area contributed by atoms with Crippen molar-refractivity contribution in [2.45, 2.75) is 32.4 Å². The number of aryl methyl sites for hydroxylation is 1. The van der Waals surface area contributed by atoms with Crippen LogP contribution in [0.5, 0.6) is 0 Å². The molecule has 0 bridgehead atoms. The van der Waals surface area contributed by atoms with Gasteiger partial charge in [0.1, 0.15) is 17.4 Å². The molecule has 1 fully saturated rings. The quantitative estimate of drug-likeness (QED) is 0.864. The maximum Gasteiger partial charge on any atom is 0.163 e. The van der Waals surface area contributed by atoms with E-state index in [0.29, 0.717) is 5.92 Å². The summed E-state index contributed by atoms with van der Waals surface area (Å²) in [5.41, 5.74) is 0. The van der Waals surface area contributed by atoms with Crippen LogP contribution in [0.15, 0.2) is 12.5 Å². The normalized spacial score (nSPS) is 20.3. The van der Waals surface area contributed by atoms with Gasteiger partial charge in [0, 0.05) is 31.2 Å². The van der Waals surface area contributed by atoms with E-state index in [9.17, 15) is 0 Å². The van der Waals surface area contributed by atoms with Crippen molar-refractivity contribution in [2.24, 2.45) is 7.05 Å². The Labute approximate surface area is 128 Å². The third-order valence-corrected chi connectivity index (χ3v) is 4.97. The molecule has 7 heteroatoms. The van der Waals surface area contributed by atoms with Gasteiger partial charge >= 0.3 is 0 Å². The molecule has 0 N–H and O–H groups in total. The summed E-state index contributed by atoms with van der Waals surface area (Å²) in [5.74, 6) is 1.44. The Morgan fingerprint density at radius 3 is 3.00 bits per heavy atom. The molecule has 0 aromatic carbocycles. The Morgan fingerprint density at radius 1 is 1.48 bits per heavy atom. The first-order valence-corrected chi connectivity index (χ1v) is 8.07. The summed E-state index contributed by atoms with van der Waals surface area (Å²) >= 11 is 1.81. The van der Waals surface area contributed by atoms with Crippen LogP contribution in [-0.4, -0.2) is 44.3 Å². The van der Waals surface area contributed by atoms with Gasteiger partial charge in [0.15, 0.2) is 5.82 Å². The summed E-state index contributed by atoms with van der Waals surface area (Å²) in [6.45, 7) is 7.79. The van der Waals surface area contributed by atoms with Gasteiger partial charge in [-0.1, -0.05) is 13.8 Å². The van der Waals surface area contributed by atoms with Crippen LogP contribution in [0.1, 0.15) is 41.6 Å². The van der Waals surface area contributed by atoms with E-state index in [2.05, 4.69) is 33.9 Å². The van der Waals surface area contributed by atoms with Crippen LogP contribution in [0.25, 0.3) is 0 Å². The maximum atomic E-state index is 5.83. The molecule has 3 heterocycles. The first-order valence-electron chi connectivity index (χ1n) is 7.26. The van der Waals surface area contributed by atoms with Gasteiger partial charge in [-0.05, 0) is 5.92 Å². The van der Waals surface area contributed by atoms with Crippen LogP contribution in [0.2, 0.25) is 0 Å². The molecular weight excluding hydrogens is 286 g/mol.